The molecule has 1 N–H and O–H groups in total. The molecular formula is C16H23N3. The Labute approximate surface area is 116 Å². The van der Waals surface area contributed by atoms with E-state index in [1.54, 1.807) is 0 Å². The van der Waals surface area contributed by atoms with Gasteiger partial charge in [-0.15, -0.1) is 0 Å². The van der Waals surface area contributed by atoms with Crippen molar-refractivity contribution in [1.82, 2.24) is 4.90 Å². The van der Waals surface area contributed by atoms with E-state index in [0.717, 1.165) is 36.8 Å². The summed E-state index contributed by atoms with van der Waals surface area (Å²) in [6.07, 6.45) is 5.19. The van der Waals surface area contributed by atoms with Gasteiger partial charge in [0.2, 0.25) is 0 Å². The van der Waals surface area contributed by atoms with E-state index in [1.165, 1.54) is 25.8 Å². The normalized spacial score (nSPS) is 19.9. The second kappa shape index (κ2) is 7.16. The molecule has 1 aromatic carbocycles. The van der Waals surface area contributed by atoms with Crippen LogP contribution in [0.2, 0.25) is 0 Å². The average Bonchev–Trinajstić information content (AvgIpc) is 2.45. The first-order chi connectivity index (χ1) is 9.31. The molecule has 2 rings (SSSR count). The van der Waals surface area contributed by atoms with Crippen molar-refractivity contribution in [3.63, 3.8) is 0 Å². The Morgan fingerprint density at radius 2 is 2.21 bits per heavy atom. The van der Waals surface area contributed by atoms with Gasteiger partial charge < -0.3 is 10.2 Å². The molecule has 0 spiro atoms. The lowest BCUT2D eigenvalue weighted by atomic mass is 10.0. The molecule has 0 aromatic heterocycles. The van der Waals surface area contributed by atoms with Crippen molar-refractivity contribution < 1.29 is 0 Å². The number of hydrogen-bond acceptors (Lipinski definition) is 3. The molecule has 1 saturated heterocycles. The number of nitrogens with zero attached hydrogens (tertiary/aromatic N) is 2. The van der Waals surface area contributed by atoms with E-state index in [9.17, 15) is 0 Å². The van der Waals surface area contributed by atoms with Crippen molar-refractivity contribution in [2.24, 2.45) is 0 Å². The molecule has 3 heteroatoms. The zero-order chi connectivity index (χ0) is 13.5. The zero-order valence-corrected chi connectivity index (χ0v) is 11.7. The number of hydrogen-bond donors (Lipinski definition) is 1. The van der Waals surface area contributed by atoms with Crippen LogP contribution in [0.15, 0.2) is 24.3 Å². The minimum Gasteiger partial charge on any atom is -0.384 e. The van der Waals surface area contributed by atoms with Gasteiger partial charge in [-0.1, -0.05) is 18.6 Å². The van der Waals surface area contributed by atoms with Crippen LogP contribution in [-0.4, -0.2) is 30.6 Å². The lowest BCUT2D eigenvalue weighted by molar-refractivity contribution is 0.160. The minimum atomic E-state index is 0.730. The molecule has 0 radical (unpaired) electrons. The van der Waals surface area contributed by atoms with Crippen LogP contribution in [0.5, 0.6) is 0 Å². The SMILES string of the molecule is CC1CCCCN1CCCNc1ccccc1C#N. The highest BCUT2D eigenvalue weighted by atomic mass is 15.2. The molecule has 1 aliphatic rings. The molecule has 0 saturated carbocycles. The molecule has 1 heterocycles. The van der Waals surface area contributed by atoms with Crippen molar-refractivity contribution in [1.29, 1.82) is 5.26 Å². The van der Waals surface area contributed by atoms with Gasteiger partial charge in [-0.05, 0) is 44.9 Å². The fraction of sp³-hybridized carbons (Fsp3) is 0.562. The summed E-state index contributed by atoms with van der Waals surface area (Å²) in [5.74, 6) is 0. The first kappa shape index (κ1) is 13.9. The number of likely N-dealkylation sites (tertiary alicyclic amines) is 1. The third kappa shape index (κ3) is 3.97. The summed E-state index contributed by atoms with van der Waals surface area (Å²) in [5, 5.41) is 12.4. The highest BCUT2D eigenvalue weighted by molar-refractivity contribution is 5.56. The fourth-order valence-corrected chi connectivity index (χ4v) is 2.73. The number of para-hydroxylation sites is 1. The Hall–Kier alpha value is -1.53. The molecule has 1 unspecified atom stereocenters. The van der Waals surface area contributed by atoms with Crippen molar-refractivity contribution in [3.8, 4) is 6.07 Å². The van der Waals surface area contributed by atoms with Gasteiger partial charge in [-0.3, -0.25) is 0 Å². The highest BCUT2D eigenvalue weighted by Crippen LogP contribution is 2.17. The van der Waals surface area contributed by atoms with E-state index in [-0.39, 0.29) is 0 Å². The number of rotatable bonds is 5. The lowest BCUT2D eigenvalue weighted by Gasteiger charge is -2.33. The molecule has 0 amide bonds. The van der Waals surface area contributed by atoms with Gasteiger partial charge in [-0.25, -0.2) is 0 Å². The van der Waals surface area contributed by atoms with Crippen LogP contribution in [0.3, 0.4) is 0 Å². The summed E-state index contributed by atoms with van der Waals surface area (Å²) in [7, 11) is 0. The number of piperidine rings is 1. The topological polar surface area (TPSA) is 39.1 Å². The van der Waals surface area contributed by atoms with Crippen LogP contribution in [0, 0.1) is 11.3 Å². The van der Waals surface area contributed by atoms with Gasteiger partial charge >= 0.3 is 0 Å². The molecule has 1 atom stereocenters. The van der Waals surface area contributed by atoms with Gasteiger partial charge in [-0.2, -0.15) is 5.26 Å². The second-order valence-electron chi connectivity index (χ2n) is 5.32. The predicted molar refractivity (Wildman–Crippen MR) is 79.1 cm³/mol. The Morgan fingerprint density at radius 3 is 3.00 bits per heavy atom. The molecule has 102 valence electrons. The molecule has 1 aromatic rings. The lowest BCUT2D eigenvalue weighted by Crippen LogP contribution is -2.38. The first-order valence-electron chi connectivity index (χ1n) is 7.28. The van der Waals surface area contributed by atoms with Crippen LogP contribution in [0.4, 0.5) is 5.69 Å². The predicted octanol–water partition coefficient (Wildman–Crippen LogP) is 3.23. The van der Waals surface area contributed by atoms with Gasteiger partial charge in [0.25, 0.3) is 0 Å². The van der Waals surface area contributed by atoms with Gasteiger partial charge in [0, 0.05) is 19.1 Å². The standard InChI is InChI=1S/C16H23N3/c1-14-7-4-5-11-19(14)12-6-10-18-16-9-3-2-8-15(16)13-17/h2-3,8-9,14,18H,4-7,10-12H2,1H3. The Morgan fingerprint density at radius 1 is 1.37 bits per heavy atom. The summed E-state index contributed by atoms with van der Waals surface area (Å²) < 4.78 is 0. The van der Waals surface area contributed by atoms with E-state index in [4.69, 9.17) is 5.26 Å². The average molecular weight is 257 g/mol. The maximum absolute atomic E-state index is 9.02. The Balaban J connectivity index is 1.73. The van der Waals surface area contributed by atoms with Crippen molar-refractivity contribution in [2.75, 3.05) is 25.0 Å². The minimum absolute atomic E-state index is 0.730. The number of anilines is 1. The van der Waals surface area contributed by atoms with Crippen LogP contribution in [0.1, 0.15) is 38.2 Å². The smallest absolute Gasteiger partial charge is 0.101 e. The maximum atomic E-state index is 9.02. The third-order valence-corrected chi connectivity index (χ3v) is 3.93. The van der Waals surface area contributed by atoms with Crippen molar-refractivity contribution >= 4 is 5.69 Å². The van der Waals surface area contributed by atoms with Crippen LogP contribution in [-0.2, 0) is 0 Å². The first-order valence-corrected chi connectivity index (χ1v) is 7.28. The number of benzene rings is 1. The van der Waals surface area contributed by atoms with Crippen LogP contribution >= 0.6 is 0 Å². The largest absolute Gasteiger partial charge is 0.384 e. The van der Waals surface area contributed by atoms with Crippen molar-refractivity contribution in [3.05, 3.63) is 29.8 Å². The second-order valence-corrected chi connectivity index (χ2v) is 5.32. The third-order valence-electron chi connectivity index (χ3n) is 3.93. The Kier molecular flexibility index (Phi) is 5.23. The fourth-order valence-electron chi connectivity index (χ4n) is 2.73. The van der Waals surface area contributed by atoms with E-state index >= 15 is 0 Å². The summed E-state index contributed by atoms with van der Waals surface area (Å²) in [4.78, 5) is 2.58. The van der Waals surface area contributed by atoms with E-state index in [0.29, 0.717) is 0 Å². The molecule has 3 nitrogen and oxygen atoms in total. The number of nitriles is 1. The van der Waals surface area contributed by atoms with Gasteiger partial charge in [0.05, 0.1) is 11.3 Å². The molecular weight excluding hydrogens is 234 g/mol. The quantitative estimate of drug-likeness (QED) is 0.823. The molecule has 0 aliphatic carbocycles. The Bertz CT molecular complexity index is 436. The summed E-state index contributed by atoms with van der Waals surface area (Å²) in [6, 6.07) is 10.7. The summed E-state index contributed by atoms with van der Waals surface area (Å²) >= 11 is 0. The zero-order valence-electron chi connectivity index (χ0n) is 11.7. The summed E-state index contributed by atoms with van der Waals surface area (Å²) in [6.45, 7) is 5.66. The monoisotopic (exact) mass is 257 g/mol. The molecule has 1 aliphatic heterocycles. The van der Waals surface area contributed by atoms with Crippen LogP contribution < -0.4 is 5.32 Å². The molecule has 1 fully saturated rings. The van der Waals surface area contributed by atoms with Gasteiger partial charge in [0.1, 0.15) is 6.07 Å². The number of nitrogens with one attached hydrogen (secondary N) is 1. The highest BCUT2D eigenvalue weighted by Gasteiger charge is 2.16. The molecule has 0 bridgehead atoms. The van der Waals surface area contributed by atoms with Crippen molar-refractivity contribution in [2.45, 2.75) is 38.6 Å². The molecule has 19 heavy (non-hydrogen) atoms. The maximum Gasteiger partial charge on any atom is 0.101 e. The van der Waals surface area contributed by atoms with Gasteiger partial charge in [0.15, 0.2) is 0 Å². The van der Waals surface area contributed by atoms with Crippen LogP contribution in [0.25, 0.3) is 0 Å². The van der Waals surface area contributed by atoms with E-state index < -0.39 is 0 Å². The van der Waals surface area contributed by atoms with E-state index in [2.05, 4.69) is 23.2 Å². The summed E-state index contributed by atoms with van der Waals surface area (Å²) in [5.41, 5.74) is 1.69. The van der Waals surface area contributed by atoms with E-state index in [1.807, 2.05) is 24.3 Å².